The lowest BCUT2D eigenvalue weighted by Crippen LogP contribution is -2.52. The van der Waals surface area contributed by atoms with Gasteiger partial charge in [0.2, 0.25) is 0 Å². The van der Waals surface area contributed by atoms with Crippen LogP contribution >= 0.6 is 11.6 Å². The largest absolute Gasteiger partial charge is 0.462 e. The molecule has 6 unspecified atom stereocenters. The highest BCUT2D eigenvalue weighted by molar-refractivity contribution is 6.20. The van der Waals surface area contributed by atoms with Crippen molar-refractivity contribution in [2.24, 2.45) is 23.7 Å². The molecule has 6 atom stereocenters. The molecule has 4 aliphatic rings. The molecule has 2 aliphatic heterocycles. The summed E-state index contributed by atoms with van der Waals surface area (Å²) in [6.07, 6.45) is 13.2. The Kier molecular flexibility index (Phi) is 5.86. The van der Waals surface area contributed by atoms with E-state index in [-0.39, 0.29) is 18.0 Å². The first-order chi connectivity index (χ1) is 12.5. The predicted octanol–water partition coefficient (Wildman–Crippen LogP) is 5.00. The lowest BCUT2D eigenvalue weighted by atomic mass is 9.68. The molecular formula is C22H36ClNO2. The molecule has 0 N–H and O–H groups in total. The van der Waals surface area contributed by atoms with Crippen LogP contribution in [0, 0.1) is 23.7 Å². The van der Waals surface area contributed by atoms with Crippen LogP contribution in [0.5, 0.6) is 0 Å². The molecule has 0 radical (unpaired) electrons. The number of alkyl halides is 1. The van der Waals surface area contributed by atoms with Crippen molar-refractivity contribution in [3.8, 4) is 0 Å². The van der Waals surface area contributed by atoms with Crippen molar-refractivity contribution in [1.29, 1.82) is 0 Å². The smallest absolute Gasteiger partial charge is 0.311 e. The zero-order valence-electron chi connectivity index (χ0n) is 16.5. The molecule has 4 rings (SSSR count). The molecule has 2 heterocycles. The quantitative estimate of drug-likeness (QED) is 0.508. The maximum atomic E-state index is 13.4. The molecule has 2 saturated heterocycles. The van der Waals surface area contributed by atoms with Gasteiger partial charge in [0.15, 0.2) is 0 Å². The summed E-state index contributed by atoms with van der Waals surface area (Å²) in [5.74, 6) is 1.92. The van der Waals surface area contributed by atoms with Gasteiger partial charge in [0.1, 0.15) is 6.10 Å². The van der Waals surface area contributed by atoms with Crippen molar-refractivity contribution in [3.63, 3.8) is 0 Å². The summed E-state index contributed by atoms with van der Waals surface area (Å²) in [5.41, 5.74) is 0. The molecule has 4 heteroatoms. The molecule has 26 heavy (non-hydrogen) atoms. The maximum absolute atomic E-state index is 13.4. The van der Waals surface area contributed by atoms with E-state index < -0.39 is 0 Å². The summed E-state index contributed by atoms with van der Waals surface area (Å²) >= 11 is 6.36. The molecule has 4 fully saturated rings. The number of fused-ring (bicyclic) bond motifs is 2. The Morgan fingerprint density at radius 3 is 2.46 bits per heavy atom. The zero-order valence-corrected chi connectivity index (χ0v) is 17.3. The van der Waals surface area contributed by atoms with E-state index in [4.69, 9.17) is 16.3 Å². The Balaban J connectivity index is 1.50. The van der Waals surface area contributed by atoms with Gasteiger partial charge < -0.3 is 4.74 Å². The van der Waals surface area contributed by atoms with Crippen LogP contribution in [0.15, 0.2) is 0 Å². The van der Waals surface area contributed by atoms with Crippen molar-refractivity contribution < 1.29 is 9.53 Å². The van der Waals surface area contributed by atoms with Crippen LogP contribution in [0.1, 0.15) is 77.6 Å². The molecule has 148 valence electrons. The third-order valence-electron chi connectivity index (χ3n) is 8.19. The number of hydrogen-bond acceptors (Lipinski definition) is 3. The van der Waals surface area contributed by atoms with Crippen molar-refractivity contribution >= 4 is 17.6 Å². The highest BCUT2D eigenvalue weighted by Crippen LogP contribution is 2.48. The number of esters is 1. The molecule has 0 amide bonds. The second-order valence-corrected chi connectivity index (χ2v) is 10.3. The lowest BCUT2D eigenvalue weighted by Gasteiger charge is -2.46. The molecule has 2 aliphatic carbocycles. The van der Waals surface area contributed by atoms with Crippen LogP contribution in [0.2, 0.25) is 0 Å². The summed E-state index contributed by atoms with van der Waals surface area (Å²) < 4.78 is 6.19. The first-order valence-corrected chi connectivity index (χ1v) is 11.5. The standard InChI is InChI=1S/C22H36ClNO2/c1-14-5-3-4-6-20(14)26-22(25)21-18(15-7-9-16(23)10-8-15)13-17-11-12-19(21)24(17)2/h14-21H,3-13H2,1-2H3. The fourth-order valence-electron chi connectivity index (χ4n) is 6.51. The zero-order chi connectivity index (χ0) is 18.3. The summed E-state index contributed by atoms with van der Waals surface area (Å²) in [6, 6.07) is 1.08. The van der Waals surface area contributed by atoms with Gasteiger partial charge in [0.05, 0.1) is 5.92 Å². The van der Waals surface area contributed by atoms with Crippen LogP contribution < -0.4 is 0 Å². The van der Waals surface area contributed by atoms with E-state index in [1.807, 2.05) is 0 Å². The second kappa shape index (κ2) is 7.99. The first-order valence-electron chi connectivity index (χ1n) is 11.1. The number of rotatable bonds is 3. The van der Waals surface area contributed by atoms with E-state index in [1.54, 1.807) is 0 Å². The Hall–Kier alpha value is -0.280. The number of piperidine rings is 1. The average molecular weight is 382 g/mol. The Labute approximate surface area is 164 Å². The van der Waals surface area contributed by atoms with Gasteiger partial charge in [-0.3, -0.25) is 9.69 Å². The number of hydrogen-bond donors (Lipinski definition) is 0. The summed E-state index contributed by atoms with van der Waals surface area (Å²) in [6.45, 7) is 2.26. The number of carbonyl (C=O) groups is 1. The first kappa shape index (κ1) is 19.1. The minimum absolute atomic E-state index is 0.0877. The highest BCUT2D eigenvalue weighted by atomic mass is 35.5. The highest BCUT2D eigenvalue weighted by Gasteiger charge is 2.52. The molecule has 0 aromatic carbocycles. The third kappa shape index (κ3) is 3.68. The number of carbonyl (C=O) groups excluding carboxylic acids is 1. The van der Waals surface area contributed by atoms with Gasteiger partial charge in [0, 0.05) is 17.5 Å². The van der Waals surface area contributed by atoms with Gasteiger partial charge in [0.25, 0.3) is 0 Å². The Morgan fingerprint density at radius 1 is 1.00 bits per heavy atom. The van der Waals surface area contributed by atoms with E-state index in [1.165, 1.54) is 51.4 Å². The van der Waals surface area contributed by atoms with Gasteiger partial charge in [-0.15, -0.1) is 11.6 Å². The molecule has 0 aromatic heterocycles. The normalized spacial score (nSPS) is 46.9. The molecule has 0 aromatic rings. The van der Waals surface area contributed by atoms with E-state index in [0.717, 1.165) is 19.3 Å². The van der Waals surface area contributed by atoms with Crippen molar-refractivity contribution in [1.82, 2.24) is 4.90 Å². The molecule has 3 nitrogen and oxygen atoms in total. The van der Waals surface area contributed by atoms with Gasteiger partial charge in [-0.2, -0.15) is 0 Å². The minimum Gasteiger partial charge on any atom is -0.462 e. The topological polar surface area (TPSA) is 29.5 Å². The lowest BCUT2D eigenvalue weighted by molar-refractivity contribution is -0.167. The molecule has 2 bridgehead atoms. The molecular weight excluding hydrogens is 346 g/mol. The van der Waals surface area contributed by atoms with E-state index in [2.05, 4.69) is 18.9 Å². The Morgan fingerprint density at radius 2 is 1.73 bits per heavy atom. The number of ether oxygens (including phenoxy) is 1. The SMILES string of the molecule is CC1CCCCC1OC(=O)C1C(C2CCC(Cl)CC2)CC2CCC1N2C. The van der Waals surface area contributed by atoms with E-state index in [0.29, 0.717) is 35.2 Å². The number of nitrogens with zero attached hydrogens (tertiary/aromatic N) is 1. The van der Waals surface area contributed by atoms with Crippen molar-refractivity contribution in [2.45, 2.75) is 101 Å². The monoisotopic (exact) mass is 381 g/mol. The van der Waals surface area contributed by atoms with Crippen LogP contribution in [0.4, 0.5) is 0 Å². The van der Waals surface area contributed by atoms with Crippen LogP contribution in [-0.2, 0) is 9.53 Å². The third-order valence-corrected chi connectivity index (χ3v) is 8.63. The van der Waals surface area contributed by atoms with Crippen molar-refractivity contribution in [2.75, 3.05) is 7.05 Å². The van der Waals surface area contributed by atoms with Crippen LogP contribution in [-0.4, -0.2) is 41.5 Å². The van der Waals surface area contributed by atoms with Crippen molar-refractivity contribution in [3.05, 3.63) is 0 Å². The van der Waals surface area contributed by atoms with Gasteiger partial charge in [-0.1, -0.05) is 13.3 Å². The number of halogens is 1. The second-order valence-electron chi connectivity index (χ2n) is 9.64. The minimum atomic E-state index is 0.0877. The maximum Gasteiger partial charge on any atom is 0.311 e. The van der Waals surface area contributed by atoms with Crippen LogP contribution in [0.25, 0.3) is 0 Å². The molecule has 0 spiro atoms. The Bertz CT molecular complexity index is 504. The summed E-state index contributed by atoms with van der Waals surface area (Å²) in [5, 5.41) is 0.350. The fraction of sp³-hybridized carbons (Fsp3) is 0.955. The van der Waals surface area contributed by atoms with Crippen LogP contribution in [0.3, 0.4) is 0 Å². The van der Waals surface area contributed by atoms with Gasteiger partial charge in [-0.25, -0.2) is 0 Å². The molecule has 2 saturated carbocycles. The van der Waals surface area contributed by atoms with Gasteiger partial charge in [-0.05, 0) is 89.0 Å². The van der Waals surface area contributed by atoms with E-state index >= 15 is 0 Å². The fourth-order valence-corrected chi connectivity index (χ4v) is 6.77. The average Bonchev–Trinajstić information content (AvgIpc) is 2.87. The predicted molar refractivity (Wildman–Crippen MR) is 105 cm³/mol. The summed E-state index contributed by atoms with van der Waals surface area (Å²) in [7, 11) is 2.23. The van der Waals surface area contributed by atoms with Gasteiger partial charge >= 0.3 is 5.97 Å². The summed E-state index contributed by atoms with van der Waals surface area (Å²) in [4.78, 5) is 15.9. The van der Waals surface area contributed by atoms with E-state index in [9.17, 15) is 4.79 Å².